The lowest BCUT2D eigenvalue weighted by molar-refractivity contribution is -0.137. The highest BCUT2D eigenvalue weighted by atomic mass is 19.4. The van der Waals surface area contributed by atoms with E-state index in [1.54, 1.807) is 0 Å². The maximum Gasteiger partial charge on any atom is 0.417 e. The summed E-state index contributed by atoms with van der Waals surface area (Å²) >= 11 is 0. The lowest BCUT2D eigenvalue weighted by Gasteiger charge is -2.25. The van der Waals surface area contributed by atoms with Crippen molar-refractivity contribution in [1.29, 1.82) is 0 Å². The summed E-state index contributed by atoms with van der Waals surface area (Å²) in [6, 6.07) is 0.964. The lowest BCUT2D eigenvalue weighted by atomic mass is 9.78. The number of alkyl halides is 3. The van der Waals surface area contributed by atoms with E-state index in [0.29, 0.717) is 42.0 Å². The molecule has 0 aromatic carbocycles. The standard InChI is InChI=1S/C17H18F3N3O2/c1-8-5-11-12(6-9(8)2)16(25)14(15(11)24)23-22-13-4-3-10(7-21-13)17(18,19)20/h3-4,7-9,14,23H,5-6H2,1-2H3,(H,21,22). The minimum absolute atomic E-state index is 0.0974. The van der Waals surface area contributed by atoms with Gasteiger partial charge in [-0.15, -0.1) is 0 Å². The molecule has 2 N–H and O–H groups in total. The number of carbonyl (C=O) groups excluding carboxylic acids is 2. The molecule has 134 valence electrons. The maximum absolute atomic E-state index is 12.5. The van der Waals surface area contributed by atoms with Crippen LogP contribution in [0.5, 0.6) is 0 Å². The van der Waals surface area contributed by atoms with Gasteiger partial charge in [0.15, 0.2) is 17.6 Å². The summed E-state index contributed by atoms with van der Waals surface area (Å²) in [4.78, 5) is 28.6. The van der Waals surface area contributed by atoms with E-state index < -0.39 is 17.8 Å². The van der Waals surface area contributed by atoms with Crippen LogP contribution in [-0.4, -0.2) is 22.6 Å². The van der Waals surface area contributed by atoms with Crippen LogP contribution in [0, 0.1) is 11.8 Å². The summed E-state index contributed by atoms with van der Waals surface area (Å²) in [5.41, 5.74) is 5.46. The predicted molar refractivity (Wildman–Crippen MR) is 84.4 cm³/mol. The van der Waals surface area contributed by atoms with Crippen molar-refractivity contribution in [3.8, 4) is 0 Å². The molecular formula is C17H18F3N3O2. The van der Waals surface area contributed by atoms with Gasteiger partial charge in [0.05, 0.1) is 5.56 Å². The number of rotatable bonds is 3. The van der Waals surface area contributed by atoms with Gasteiger partial charge in [-0.1, -0.05) is 13.8 Å². The Bertz CT molecular complexity index is 709. The molecule has 2 aliphatic carbocycles. The lowest BCUT2D eigenvalue weighted by Crippen LogP contribution is -2.43. The quantitative estimate of drug-likeness (QED) is 0.646. The van der Waals surface area contributed by atoms with Crippen molar-refractivity contribution in [3.05, 3.63) is 35.0 Å². The Morgan fingerprint density at radius 2 is 1.60 bits per heavy atom. The molecule has 0 amide bonds. The van der Waals surface area contributed by atoms with Crippen molar-refractivity contribution in [2.75, 3.05) is 5.43 Å². The number of hydrogen-bond donors (Lipinski definition) is 2. The van der Waals surface area contributed by atoms with Crippen LogP contribution >= 0.6 is 0 Å². The van der Waals surface area contributed by atoms with Gasteiger partial charge in [0.25, 0.3) is 0 Å². The molecule has 2 unspecified atom stereocenters. The van der Waals surface area contributed by atoms with Crippen LogP contribution in [0.25, 0.3) is 0 Å². The minimum atomic E-state index is -4.47. The fraction of sp³-hybridized carbons (Fsp3) is 0.471. The number of hydrazine groups is 1. The second-order valence-corrected chi connectivity index (χ2v) is 6.68. The topological polar surface area (TPSA) is 71.1 Å². The van der Waals surface area contributed by atoms with Gasteiger partial charge in [-0.05, 0) is 36.8 Å². The van der Waals surface area contributed by atoms with Gasteiger partial charge in [0, 0.05) is 17.3 Å². The molecule has 0 fully saturated rings. The highest BCUT2D eigenvalue weighted by Crippen LogP contribution is 2.39. The number of ketones is 2. The summed E-state index contributed by atoms with van der Waals surface area (Å²) in [5, 5.41) is 0. The Kier molecular flexibility index (Phi) is 4.40. The number of halogens is 3. The number of nitrogens with zero attached hydrogens (tertiary/aromatic N) is 1. The normalized spacial score (nSPS) is 26.8. The Morgan fingerprint density at radius 3 is 2.04 bits per heavy atom. The molecule has 2 atom stereocenters. The van der Waals surface area contributed by atoms with Crippen molar-refractivity contribution in [1.82, 2.24) is 10.4 Å². The summed E-state index contributed by atoms with van der Waals surface area (Å²) in [5.74, 6) is 0.231. The van der Waals surface area contributed by atoms with E-state index in [9.17, 15) is 22.8 Å². The summed E-state index contributed by atoms with van der Waals surface area (Å²) in [6.45, 7) is 4.11. The molecule has 0 saturated carbocycles. The zero-order valence-electron chi connectivity index (χ0n) is 13.8. The fourth-order valence-electron chi connectivity index (χ4n) is 3.17. The Morgan fingerprint density at radius 1 is 1.04 bits per heavy atom. The van der Waals surface area contributed by atoms with E-state index in [1.807, 2.05) is 0 Å². The summed E-state index contributed by atoms with van der Waals surface area (Å²) in [7, 11) is 0. The highest BCUT2D eigenvalue weighted by molar-refractivity contribution is 6.27. The number of aromatic nitrogens is 1. The summed E-state index contributed by atoms with van der Waals surface area (Å²) < 4.78 is 37.5. The fourth-order valence-corrected chi connectivity index (χ4v) is 3.17. The molecule has 0 aliphatic heterocycles. The van der Waals surface area contributed by atoms with E-state index in [0.717, 1.165) is 12.1 Å². The zero-order chi connectivity index (χ0) is 18.4. The predicted octanol–water partition coefficient (Wildman–Crippen LogP) is 2.90. The SMILES string of the molecule is CC1CC2=C(CC1C)C(=O)C(NNc1ccc(C(F)(F)F)cn1)C2=O. The average molecular weight is 353 g/mol. The molecule has 25 heavy (non-hydrogen) atoms. The monoisotopic (exact) mass is 353 g/mol. The molecule has 0 spiro atoms. The van der Waals surface area contributed by atoms with Crippen LogP contribution in [0.15, 0.2) is 29.5 Å². The first-order valence-electron chi connectivity index (χ1n) is 8.03. The molecule has 3 rings (SSSR count). The van der Waals surface area contributed by atoms with E-state index in [4.69, 9.17) is 0 Å². The van der Waals surface area contributed by atoms with E-state index >= 15 is 0 Å². The van der Waals surface area contributed by atoms with Crippen molar-refractivity contribution in [2.45, 2.75) is 38.9 Å². The van der Waals surface area contributed by atoms with Gasteiger partial charge in [-0.2, -0.15) is 13.2 Å². The van der Waals surface area contributed by atoms with Crippen molar-refractivity contribution in [3.63, 3.8) is 0 Å². The molecule has 5 nitrogen and oxygen atoms in total. The zero-order valence-corrected chi connectivity index (χ0v) is 13.8. The molecule has 0 bridgehead atoms. The van der Waals surface area contributed by atoms with Gasteiger partial charge in [0.2, 0.25) is 0 Å². The number of nitrogens with one attached hydrogen (secondary N) is 2. The Balaban J connectivity index is 1.67. The molecule has 8 heteroatoms. The Hall–Kier alpha value is -2.22. The van der Waals surface area contributed by atoms with Crippen LogP contribution in [-0.2, 0) is 15.8 Å². The van der Waals surface area contributed by atoms with Crippen LogP contribution in [0.3, 0.4) is 0 Å². The van der Waals surface area contributed by atoms with Crippen molar-refractivity contribution >= 4 is 17.4 Å². The van der Waals surface area contributed by atoms with Crippen LogP contribution in [0.1, 0.15) is 32.3 Å². The van der Waals surface area contributed by atoms with Crippen LogP contribution in [0.2, 0.25) is 0 Å². The maximum atomic E-state index is 12.5. The van der Waals surface area contributed by atoms with Gasteiger partial charge in [-0.25, -0.2) is 10.4 Å². The first kappa shape index (κ1) is 17.6. The first-order chi connectivity index (χ1) is 11.7. The third kappa shape index (κ3) is 3.30. The molecule has 1 heterocycles. The number of Topliss-reactive ketones (excluding diaryl/α,β-unsaturated/α-hetero) is 2. The number of pyridine rings is 1. The smallest absolute Gasteiger partial charge is 0.305 e. The van der Waals surface area contributed by atoms with Gasteiger partial charge >= 0.3 is 6.18 Å². The third-order valence-electron chi connectivity index (χ3n) is 4.94. The molecule has 2 aliphatic rings. The molecular weight excluding hydrogens is 335 g/mol. The largest absolute Gasteiger partial charge is 0.417 e. The molecule has 1 aromatic heterocycles. The van der Waals surface area contributed by atoms with E-state index in [-0.39, 0.29) is 17.4 Å². The Labute approximate surface area is 142 Å². The number of anilines is 1. The van der Waals surface area contributed by atoms with E-state index in [1.165, 1.54) is 0 Å². The third-order valence-corrected chi connectivity index (χ3v) is 4.94. The molecule has 0 saturated heterocycles. The number of carbonyl (C=O) groups is 2. The van der Waals surface area contributed by atoms with Crippen molar-refractivity contribution in [2.24, 2.45) is 11.8 Å². The van der Waals surface area contributed by atoms with Crippen LogP contribution < -0.4 is 10.9 Å². The highest BCUT2D eigenvalue weighted by Gasteiger charge is 2.44. The van der Waals surface area contributed by atoms with E-state index in [2.05, 4.69) is 29.7 Å². The minimum Gasteiger partial charge on any atom is -0.305 e. The van der Waals surface area contributed by atoms with Gasteiger partial charge in [0.1, 0.15) is 5.82 Å². The second-order valence-electron chi connectivity index (χ2n) is 6.68. The van der Waals surface area contributed by atoms with Crippen LogP contribution in [0.4, 0.5) is 19.0 Å². The average Bonchev–Trinajstić information content (AvgIpc) is 2.77. The molecule has 1 aromatic rings. The van der Waals surface area contributed by atoms with Gasteiger partial charge < -0.3 is 5.43 Å². The molecule has 0 radical (unpaired) electrons. The van der Waals surface area contributed by atoms with Gasteiger partial charge in [-0.3, -0.25) is 9.59 Å². The first-order valence-corrected chi connectivity index (χ1v) is 8.03. The summed E-state index contributed by atoms with van der Waals surface area (Å²) in [6.07, 6.45) is -2.61. The number of hydrogen-bond acceptors (Lipinski definition) is 5. The van der Waals surface area contributed by atoms with Crippen molar-refractivity contribution < 1.29 is 22.8 Å². The second kappa shape index (κ2) is 6.25.